The number of carbonyl (C=O) groups is 1. The summed E-state index contributed by atoms with van der Waals surface area (Å²) in [7, 11) is 1.95. The van der Waals surface area contributed by atoms with E-state index in [2.05, 4.69) is 21.8 Å². The number of aryl methyl sites for hydroxylation is 2. The van der Waals surface area contributed by atoms with Crippen LogP contribution in [-0.2, 0) is 13.6 Å². The molecule has 0 amide bonds. The Bertz CT molecular complexity index is 752. The van der Waals surface area contributed by atoms with Crippen molar-refractivity contribution >= 4 is 17.2 Å². The number of aldehydes is 1. The Morgan fingerprint density at radius 1 is 1.26 bits per heavy atom. The molecule has 0 unspecified atom stereocenters. The molecule has 4 heteroatoms. The number of carbonyl (C=O) groups excluding carboxylic acids is 1. The van der Waals surface area contributed by atoms with Crippen molar-refractivity contribution in [1.82, 2.24) is 14.3 Å². The Morgan fingerprint density at radius 2 is 2.11 bits per heavy atom. The summed E-state index contributed by atoms with van der Waals surface area (Å²) in [5, 5.41) is 5.50. The Kier molecular flexibility index (Phi) is 2.71. The van der Waals surface area contributed by atoms with Gasteiger partial charge in [-0.15, -0.1) is 0 Å². The van der Waals surface area contributed by atoms with Crippen molar-refractivity contribution < 1.29 is 4.79 Å². The van der Waals surface area contributed by atoms with Crippen molar-refractivity contribution in [2.24, 2.45) is 7.05 Å². The highest BCUT2D eigenvalue weighted by Gasteiger charge is 2.06. The number of aromatic nitrogens is 3. The second-order valence-corrected chi connectivity index (χ2v) is 4.78. The van der Waals surface area contributed by atoms with Gasteiger partial charge in [0, 0.05) is 24.3 Å². The third-order valence-corrected chi connectivity index (χ3v) is 3.37. The molecule has 0 aliphatic heterocycles. The molecular weight excluding hydrogens is 238 g/mol. The predicted octanol–water partition coefficient (Wildman–Crippen LogP) is 2.54. The van der Waals surface area contributed by atoms with Gasteiger partial charge in [0.25, 0.3) is 0 Å². The largest absolute Gasteiger partial charge is 0.341 e. The highest BCUT2D eigenvalue weighted by molar-refractivity contribution is 5.87. The fraction of sp³-hybridized carbons (Fsp3) is 0.200. The van der Waals surface area contributed by atoms with Gasteiger partial charge in [-0.1, -0.05) is 12.1 Å². The van der Waals surface area contributed by atoms with Gasteiger partial charge < -0.3 is 4.57 Å². The van der Waals surface area contributed by atoms with Crippen molar-refractivity contribution in [1.29, 1.82) is 0 Å². The van der Waals surface area contributed by atoms with E-state index in [-0.39, 0.29) is 0 Å². The van der Waals surface area contributed by atoms with Crippen molar-refractivity contribution in [3.05, 3.63) is 53.5 Å². The van der Waals surface area contributed by atoms with Gasteiger partial charge in [0.15, 0.2) is 0 Å². The molecule has 0 spiro atoms. The van der Waals surface area contributed by atoms with Crippen LogP contribution in [0.5, 0.6) is 0 Å². The summed E-state index contributed by atoms with van der Waals surface area (Å²) < 4.78 is 4.03. The quantitative estimate of drug-likeness (QED) is 0.673. The van der Waals surface area contributed by atoms with Crippen LogP contribution in [0, 0.1) is 6.92 Å². The van der Waals surface area contributed by atoms with Gasteiger partial charge in [0.2, 0.25) is 0 Å². The molecule has 2 heterocycles. The van der Waals surface area contributed by atoms with Crippen LogP contribution in [0.25, 0.3) is 10.9 Å². The molecule has 0 aliphatic rings. The molecule has 0 radical (unpaired) electrons. The normalized spacial score (nSPS) is 11.1. The van der Waals surface area contributed by atoms with Crippen LogP contribution in [0.1, 0.15) is 21.7 Å². The Hall–Kier alpha value is -2.36. The molecule has 0 aliphatic carbocycles. The van der Waals surface area contributed by atoms with Crippen LogP contribution in [0.2, 0.25) is 0 Å². The number of benzene rings is 1. The minimum atomic E-state index is 0.702. The second-order valence-electron chi connectivity index (χ2n) is 4.78. The number of rotatable bonds is 3. The number of hydrogen-bond acceptors (Lipinski definition) is 2. The van der Waals surface area contributed by atoms with E-state index < -0.39 is 0 Å². The lowest BCUT2D eigenvalue weighted by atomic mass is 10.2. The maximum atomic E-state index is 10.9. The van der Waals surface area contributed by atoms with Gasteiger partial charge in [-0.2, -0.15) is 5.10 Å². The maximum absolute atomic E-state index is 10.9. The molecule has 0 saturated heterocycles. The second kappa shape index (κ2) is 4.39. The van der Waals surface area contributed by atoms with Crippen LogP contribution in [0.3, 0.4) is 0 Å². The topological polar surface area (TPSA) is 39.8 Å². The Labute approximate surface area is 111 Å². The lowest BCUT2D eigenvalue weighted by Crippen LogP contribution is -2.04. The summed E-state index contributed by atoms with van der Waals surface area (Å²) in [4.78, 5) is 10.9. The maximum Gasteiger partial charge on any atom is 0.150 e. The first-order valence-corrected chi connectivity index (χ1v) is 6.21. The molecule has 0 bridgehead atoms. The van der Waals surface area contributed by atoms with Gasteiger partial charge >= 0.3 is 0 Å². The third kappa shape index (κ3) is 2.05. The van der Waals surface area contributed by atoms with E-state index in [0.29, 0.717) is 5.56 Å². The molecule has 0 fully saturated rings. The van der Waals surface area contributed by atoms with E-state index >= 15 is 0 Å². The first kappa shape index (κ1) is 11.7. The average molecular weight is 253 g/mol. The van der Waals surface area contributed by atoms with Crippen LogP contribution >= 0.6 is 0 Å². The van der Waals surface area contributed by atoms with Gasteiger partial charge in [-0.25, -0.2) is 0 Å². The molecular formula is C15H15N3O. The third-order valence-electron chi connectivity index (χ3n) is 3.37. The first-order chi connectivity index (χ1) is 9.17. The van der Waals surface area contributed by atoms with Crippen LogP contribution < -0.4 is 0 Å². The van der Waals surface area contributed by atoms with Gasteiger partial charge in [0.05, 0.1) is 17.9 Å². The molecule has 2 aromatic heterocycles. The summed E-state index contributed by atoms with van der Waals surface area (Å²) in [6.45, 7) is 2.74. The van der Waals surface area contributed by atoms with Crippen LogP contribution in [0.15, 0.2) is 36.5 Å². The summed E-state index contributed by atoms with van der Waals surface area (Å²) >= 11 is 0. The zero-order valence-electron chi connectivity index (χ0n) is 11.0. The molecule has 4 nitrogen and oxygen atoms in total. The van der Waals surface area contributed by atoms with Crippen LogP contribution in [-0.4, -0.2) is 20.6 Å². The lowest BCUT2D eigenvalue weighted by molar-refractivity contribution is 0.112. The highest BCUT2D eigenvalue weighted by Crippen LogP contribution is 2.18. The zero-order chi connectivity index (χ0) is 13.4. The molecule has 3 rings (SSSR count). The molecule has 1 aromatic carbocycles. The van der Waals surface area contributed by atoms with Gasteiger partial charge in [-0.3, -0.25) is 9.48 Å². The number of fused-ring (bicyclic) bond motifs is 1. The molecule has 19 heavy (non-hydrogen) atoms. The Balaban J connectivity index is 2.05. The molecule has 96 valence electrons. The monoisotopic (exact) mass is 253 g/mol. The average Bonchev–Trinajstić information content (AvgIpc) is 2.93. The van der Waals surface area contributed by atoms with Gasteiger partial charge in [-0.05, 0) is 30.5 Å². The SMILES string of the molecule is Cc1cc(Cn2ccc3ccc(C=O)cc32)n(C)n1. The number of hydrogen-bond donors (Lipinski definition) is 0. The minimum absolute atomic E-state index is 0.702. The minimum Gasteiger partial charge on any atom is -0.341 e. The van der Waals surface area contributed by atoms with E-state index in [4.69, 9.17) is 0 Å². The Morgan fingerprint density at radius 3 is 2.79 bits per heavy atom. The van der Waals surface area contributed by atoms with E-state index in [0.717, 1.165) is 35.1 Å². The fourth-order valence-corrected chi connectivity index (χ4v) is 2.40. The molecule has 3 aromatic rings. The van der Waals surface area contributed by atoms with E-state index in [1.807, 2.05) is 43.0 Å². The van der Waals surface area contributed by atoms with E-state index in [9.17, 15) is 4.79 Å². The summed E-state index contributed by atoms with van der Waals surface area (Å²) in [5.74, 6) is 0. The smallest absolute Gasteiger partial charge is 0.150 e. The first-order valence-electron chi connectivity index (χ1n) is 6.21. The van der Waals surface area contributed by atoms with E-state index in [1.165, 1.54) is 0 Å². The van der Waals surface area contributed by atoms with Crippen LogP contribution in [0.4, 0.5) is 0 Å². The highest BCUT2D eigenvalue weighted by atomic mass is 16.1. The summed E-state index contributed by atoms with van der Waals surface area (Å²) in [6, 6.07) is 9.88. The molecule has 0 N–H and O–H groups in total. The summed E-state index contributed by atoms with van der Waals surface area (Å²) in [5.41, 5.74) is 3.94. The lowest BCUT2D eigenvalue weighted by Gasteiger charge is -2.06. The standard InChI is InChI=1S/C15H15N3O/c1-11-7-14(17(2)16-11)9-18-6-5-13-4-3-12(10-19)8-15(13)18/h3-8,10H,9H2,1-2H3. The van der Waals surface area contributed by atoms with Crippen molar-refractivity contribution in [2.45, 2.75) is 13.5 Å². The fourth-order valence-electron chi connectivity index (χ4n) is 2.40. The summed E-state index contributed by atoms with van der Waals surface area (Å²) in [6.07, 6.45) is 2.92. The number of nitrogens with zero attached hydrogens (tertiary/aromatic N) is 3. The molecule has 0 saturated carbocycles. The van der Waals surface area contributed by atoms with Crippen molar-refractivity contribution in [3.8, 4) is 0 Å². The van der Waals surface area contributed by atoms with E-state index in [1.54, 1.807) is 0 Å². The van der Waals surface area contributed by atoms with Crippen molar-refractivity contribution in [2.75, 3.05) is 0 Å². The van der Waals surface area contributed by atoms with Crippen molar-refractivity contribution in [3.63, 3.8) is 0 Å². The zero-order valence-corrected chi connectivity index (χ0v) is 11.0. The molecule has 0 atom stereocenters. The van der Waals surface area contributed by atoms with Gasteiger partial charge in [0.1, 0.15) is 6.29 Å². The predicted molar refractivity (Wildman–Crippen MR) is 74.4 cm³/mol.